The predicted molar refractivity (Wildman–Crippen MR) is 70.2 cm³/mol. The third kappa shape index (κ3) is 2.23. The number of halogens is 1. The lowest BCUT2D eigenvalue weighted by Gasteiger charge is -2.00. The van der Waals surface area contributed by atoms with Crippen LogP contribution in [0.15, 0.2) is 24.4 Å². The first-order valence-corrected chi connectivity index (χ1v) is 6.04. The molecule has 1 aromatic heterocycles. The van der Waals surface area contributed by atoms with Crippen molar-refractivity contribution in [2.75, 3.05) is 13.1 Å². The lowest BCUT2D eigenvalue weighted by atomic mass is 10.1. The maximum atomic E-state index is 6.00. The zero-order chi connectivity index (χ0) is 11.5. The number of nitrogens with one attached hydrogen (secondary N) is 1. The third-order valence-electron chi connectivity index (χ3n) is 2.86. The Morgan fingerprint density at radius 3 is 2.94 bits per heavy atom. The molecule has 0 aliphatic rings. The highest BCUT2D eigenvalue weighted by Gasteiger charge is 2.06. The van der Waals surface area contributed by atoms with Crippen molar-refractivity contribution in [3.8, 4) is 0 Å². The minimum absolute atomic E-state index is 0.798. The Morgan fingerprint density at radius 2 is 2.19 bits per heavy atom. The van der Waals surface area contributed by atoms with Gasteiger partial charge in [0, 0.05) is 29.2 Å². The molecule has 0 aliphatic heterocycles. The van der Waals surface area contributed by atoms with Gasteiger partial charge < -0.3 is 9.88 Å². The molecule has 86 valence electrons. The Balaban J connectivity index is 2.32. The van der Waals surface area contributed by atoms with Gasteiger partial charge in [0.2, 0.25) is 0 Å². The summed E-state index contributed by atoms with van der Waals surface area (Å²) < 4.78 is 2.14. The van der Waals surface area contributed by atoms with Crippen LogP contribution in [0.4, 0.5) is 0 Å². The molecule has 1 N–H and O–H groups in total. The van der Waals surface area contributed by atoms with Gasteiger partial charge in [-0.05, 0) is 37.2 Å². The summed E-state index contributed by atoms with van der Waals surface area (Å²) in [6.07, 6.45) is 3.26. The van der Waals surface area contributed by atoms with Gasteiger partial charge in [0.1, 0.15) is 0 Å². The molecular weight excluding hydrogens is 220 g/mol. The summed E-state index contributed by atoms with van der Waals surface area (Å²) in [5.74, 6) is 0. The minimum atomic E-state index is 0.798. The average molecular weight is 237 g/mol. The number of likely N-dealkylation sites (N-methyl/N-ethyl adjacent to an activating group) is 1. The maximum absolute atomic E-state index is 6.00. The van der Waals surface area contributed by atoms with Crippen LogP contribution in [0.25, 0.3) is 10.9 Å². The molecule has 0 unspecified atom stereocenters. The van der Waals surface area contributed by atoms with Crippen LogP contribution in [0, 0.1) is 0 Å². The maximum Gasteiger partial charge on any atom is 0.0495 e. The van der Waals surface area contributed by atoms with Crippen LogP contribution in [0.1, 0.15) is 12.5 Å². The molecule has 0 saturated carbocycles. The molecule has 2 aromatic rings. The highest BCUT2D eigenvalue weighted by atomic mass is 35.5. The molecule has 3 heteroatoms. The molecule has 0 spiro atoms. The number of hydrogen-bond donors (Lipinski definition) is 1. The van der Waals surface area contributed by atoms with E-state index in [4.69, 9.17) is 11.6 Å². The van der Waals surface area contributed by atoms with E-state index in [1.54, 1.807) is 0 Å². The lowest BCUT2D eigenvalue weighted by molar-refractivity contribution is 0.717. The first-order chi connectivity index (χ1) is 7.72. The van der Waals surface area contributed by atoms with Gasteiger partial charge in [-0.3, -0.25) is 0 Å². The van der Waals surface area contributed by atoms with Crippen molar-refractivity contribution in [2.45, 2.75) is 13.3 Å². The second kappa shape index (κ2) is 4.89. The molecule has 0 saturated heterocycles. The summed E-state index contributed by atoms with van der Waals surface area (Å²) in [6.45, 7) is 4.18. The fourth-order valence-corrected chi connectivity index (χ4v) is 2.21. The highest BCUT2D eigenvalue weighted by Crippen LogP contribution is 2.24. The molecule has 0 radical (unpaired) electrons. The normalized spacial score (nSPS) is 11.2. The molecule has 0 aliphatic carbocycles. The Labute approximate surface area is 101 Å². The van der Waals surface area contributed by atoms with Crippen molar-refractivity contribution in [3.63, 3.8) is 0 Å². The van der Waals surface area contributed by atoms with Gasteiger partial charge in [0.15, 0.2) is 0 Å². The largest absolute Gasteiger partial charge is 0.350 e. The Morgan fingerprint density at radius 1 is 1.38 bits per heavy atom. The molecular formula is C13H17ClN2. The van der Waals surface area contributed by atoms with E-state index in [1.165, 1.54) is 16.5 Å². The monoisotopic (exact) mass is 236 g/mol. The summed E-state index contributed by atoms with van der Waals surface area (Å²) in [7, 11) is 2.06. The van der Waals surface area contributed by atoms with E-state index in [1.807, 2.05) is 12.1 Å². The van der Waals surface area contributed by atoms with Crippen LogP contribution in [-0.2, 0) is 13.5 Å². The van der Waals surface area contributed by atoms with Crippen molar-refractivity contribution in [1.82, 2.24) is 9.88 Å². The first kappa shape index (κ1) is 11.5. The summed E-state index contributed by atoms with van der Waals surface area (Å²) in [4.78, 5) is 0. The van der Waals surface area contributed by atoms with E-state index in [9.17, 15) is 0 Å². The Kier molecular flexibility index (Phi) is 3.52. The zero-order valence-corrected chi connectivity index (χ0v) is 10.5. The van der Waals surface area contributed by atoms with Crippen molar-refractivity contribution >= 4 is 22.5 Å². The van der Waals surface area contributed by atoms with Crippen LogP contribution < -0.4 is 5.32 Å². The van der Waals surface area contributed by atoms with Crippen LogP contribution in [0.5, 0.6) is 0 Å². The third-order valence-corrected chi connectivity index (χ3v) is 3.09. The summed E-state index contributed by atoms with van der Waals surface area (Å²) in [6, 6.07) is 6.09. The number of rotatable bonds is 4. The molecule has 0 bridgehead atoms. The number of fused-ring (bicyclic) bond motifs is 1. The number of nitrogens with zero attached hydrogens (tertiary/aromatic N) is 1. The zero-order valence-electron chi connectivity index (χ0n) is 9.76. The van der Waals surface area contributed by atoms with E-state index in [0.29, 0.717) is 0 Å². The summed E-state index contributed by atoms with van der Waals surface area (Å²) in [5.41, 5.74) is 2.59. The molecule has 0 atom stereocenters. The molecule has 1 heterocycles. The molecule has 0 fully saturated rings. The van der Waals surface area contributed by atoms with Crippen molar-refractivity contribution in [2.24, 2.45) is 7.05 Å². The van der Waals surface area contributed by atoms with Crippen LogP contribution in [-0.4, -0.2) is 17.7 Å². The molecule has 1 aromatic carbocycles. The smallest absolute Gasteiger partial charge is 0.0495 e. The molecule has 2 nitrogen and oxygen atoms in total. The van der Waals surface area contributed by atoms with E-state index >= 15 is 0 Å². The number of aromatic nitrogens is 1. The minimum Gasteiger partial charge on any atom is -0.350 e. The SMILES string of the molecule is CCNCCc1cn(C)c2cc(Cl)ccc12. The number of hydrogen-bond acceptors (Lipinski definition) is 1. The fraction of sp³-hybridized carbons (Fsp3) is 0.385. The Hall–Kier alpha value is -0.990. The van der Waals surface area contributed by atoms with Gasteiger partial charge in [0.25, 0.3) is 0 Å². The lowest BCUT2D eigenvalue weighted by Crippen LogP contribution is -2.15. The quantitative estimate of drug-likeness (QED) is 0.808. The van der Waals surface area contributed by atoms with E-state index < -0.39 is 0 Å². The van der Waals surface area contributed by atoms with Gasteiger partial charge in [-0.1, -0.05) is 24.6 Å². The molecule has 16 heavy (non-hydrogen) atoms. The average Bonchev–Trinajstić information content (AvgIpc) is 2.56. The van der Waals surface area contributed by atoms with Crippen LogP contribution in [0.3, 0.4) is 0 Å². The second-order valence-electron chi connectivity index (χ2n) is 4.03. The van der Waals surface area contributed by atoms with Gasteiger partial charge in [-0.15, -0.1) is 0 Å². The van der Waals surface area contributed by atoms with Crippen molar-refractivity contribution in [3.05, 3.63) is 35.0 Å². The Bertz CT molecular complexity index is 488. The molecule has 0 amide bonds. The van der Waals surface area contributed by atoms with Crippen molar-refractivity contribution < 1.29 is 0 Å². The topological polar surface area (TPSA) is 17.0 Å². The number of benzene rings is 1. The van der Waals surface area contributed by atoms with Gasteiger partial charge in [-0.2, -0.15) is 0 Å². The standard InChI is InChI=1S/C13H17ClN2/c1-3-15-7-6-10-9-16(2)13-8-11(14)4-5-12(10)13/h4-5,8-9,15H,3,6-7H2,1-2H3. The van der Waals surface area contributed by atoms with Gasteiger partial charge in [0.05, 0.1) is 0 Å². The van der Waals surface area contributed by atoms with E-state index in [0.717, 1.165) is 24.5 Å². The predicted octanol–water partition coefficient (Wildman–Crippen LogP) is 2.98. The highest BCUT2D eigenvalue weighted by molar-refractivity contribution is 6.31. The van der Waals surface area contributed by atoms with Gasteiger partial charge >= 0.3 is 0 Å². The van der Waals surface area contributed by atoms with E-state index in [-0.39, 0.29) is 0 Å². The second-order valence-corrected chi connectivity index (χ2v) is 4.47. The van der Waals surface area contributed by atoms with Crippen LogP contribution >= 0.6 is 11.6 Å². The van der Waals surface area contributed by atoms with Gasteiger partial charge in [-0.25, -0.2) is 0 Å². The summed E-state index contributed by atoms with van der Waals surface area (Å²) in [5, 5.41) is 5.45. The fourth-order valence-electron chi connectivity index (χ4n) is 2.04. The summed E-state index contributed by atoms with van der Waals surface area (Å²) >= 11 is 6.00. The van der Waals surface area contributed by atoms with Crippen molar-refractivity contribution in [1.29, 1.82) is 0 Å². The number of aryl methyl sites for hydroxylation is 1. The first-order valence-electron chi connectivity index (χ1n) is 5.66. The molecule has 2 rings (SSSR count). The van der Waals surface area contributed by atoms with E-state index in [2.05, 4.69) is 36.1 Å². The van der Waals surface area contributed by atoms with Crippen LogP contribution in [0.2, 0.25) is 5.02 Å².